The van der Waals surface area contributed by atoms with Gasteiger partial charge in [0.2, 0.25) is 5.91 Å². The van der Waals surface area contributed by atoms with E-state index in [0.29, 0.717) is 32.1 Å². The highest BCUT2D eigenvalue weighted by atomic mass is 16.2. The Bertz CT molecular complexity index is 756. The van der Waals surface area contributed by atoms with Gasteiger partial charge in [0.25, 0.3) is 0 Å². The normalized spacial score (nSPS) is 17.1. The third-order valence-corrected chi connectivity index (χ3v) is 4.67. The Hall–Kier alpha value is -2.58. The maximum Gasteiger partial charge on any atom is 0.224 e. The molecule has 2 aromatic rings. The minimum atomic E-state index is 0.129. The van der Waals surface area contributed by atoms with Crippen molar-refractivity contribution in [1.29, 1.82) is 0 Å². The first-order valence-corrected chi connectivity index (χ1v) is 8.80. The summed E-state index contributed by atoms with van der Waals surface area (Å²) in [6.45, 7) is 3.83. The first kappa shape index (κ1) is 15.9. The van der Waals surface area contributed by atoms with Crippen molar-refractivity contribution in [3.8, 4) is 0 Å². The number of carbonyl (C=O) groups excluding carboxylic acids is 1. The lowest BCUT2D eigenvalue weighted by molar-refractivity contribution is -0.131. The predicted molar refractivity (Wildman–Crippen MR) is 89.8 cm³/mol. The van der Waals surface area contributed by atoms with Crippen LogP contribution in [0, 0.1) is 6.92 Å². The van der Waals surface area contributed by atoms with Gasteiger partial charge in [-0.05, 0) is 36.6 Å². The Morgan fingerprint density at radius 2 is 2.12 bits per heavy atom. The summed E-state index contributed by atoms with van der Waals surface area (Å²) in [5.74, 6) is 1.89. The van der Waals surface area contributed by atoms with Crippen molar-refractivity contribution in [3.05, 3.63) is 23.4 Å². The zero-order valence-electron chi connectivity index (χ0n) is 14.4. The van der Waals surface area contributed by atoms with Crippen LogP contribution in [0.25, 0.3) is 0 Å². The number of fused-ring (bicyclic) bond motifs is 1. The molecular formula is C16H22N8O. The topological polar surface area (TPSA) is 102 Å². The molecule has 1 aliphatic carbocycles. The van der Waals surface area contributed by atoms with Crippen molar-refractivity contribution in [2.45, 2.75) is 51.6 Å². The molecule has 4 rings (SSSR count). The van der Waals surface area contributed by atoms with Gasteiger partial charge in [-0.2, -0.15) is 0 Å². The summed E-state index contributed by atoms with van der Waals surface area (Å²) in [7, 11) is 0. The Labute approximate surface area is 145 Å². The summed E-state index contributed by atoms with van der Waals surface area (Å²) in [5, 5.41) is 14.5. The van der Waals surface area contributed by atoms with Crippen LogP contribution in [0.2, 0.25) is 0 Å². The van der Waals surface area contributed by atoms with Gasteiger partial charge in [-0.1, -0.05) is 0 Å². The van der Waals surface area contributed by atoms with E-state index >= 15 is 0 Å². The van der Waals surface area contributed by atoms with E-state index < -0.39 is 0 Å². The third-order valence-electron chi connectivity index (χ3n) is 4.67. The molecule has 1 N–H and O–H groups in total. The number of aryl methyl sites for hydroxylation is 2. The monoisotopic (exact) mass is 342 g/mol. The van der Waals surface area contributed by atoms with Gasteiger partial charge in [-0.3, -0.25) is 4.79 Å². The fraction of sp³-hybridized carbons (Fsp3) is 0.625. The lowest BCUT2D eigenvalue weighted by atomic mass is 10.1. The van der Waals surface area contributed by atoms with Crippen LogP contribution >= 0.6 is 0 Å². The van der Waals surface area contributed by atoms with Gasteiger partial charge in [0.1, 0.15) is 18.0 Å². The van der Waals surface area contributed by atoms with Crippen LogP contribution in [0.3, 0.4) is 0 Å². The minimum absolute atomic E-state index is 0.129. The molecule has 132 valence electrons. The van der Waals surface area contributed by atoms with Crippen LogP contribution < -0.4 is 5.32 Å². The molecule has 9 heteroatoms. The summed E-state index contributed by atoms with van der Waals surface area (Å²) in [5.41, 5.74) is 2.25. The summed E-state index contributed by atoms with van der Waals surface area (Å²) in [6, 6.07) is 0.552. The van der Waals surface area contributed by atoms with Gasteiger partial charge in [0.15, 0.2) is 0 Å². The van der Waals surface area contributed by atoms with Gasteiger partial charge in [0, 0.05) is 37.5 Å². The van der Waals surface area contributed by atoms with Crippen molar-refractivity contribution in [3.63, 3.8) is 0 Å². The Kier molecular flexibility index (Phi) is 4.29. The number of aromatic nitrogens is 6. The molecule has 1 fully saturated rings. The average molecular weight is 342 g/mol. The molecule has 0 aromatic carbocycles. The molecule has 1 amide bonds. The van der Waals surface area contributed by atoms with Crippen molar-refractivity contribution >= 4 is 11.7 Å². The highest BCUT2D eigenvalue weighted by Crippen LogP contribution is 2.28. The van der Waals surface area contributed by atoms with E-state index in [1.807, 2.05) is 11.8 Å². The van der Waals surface area contributed by atoms with E-state index in [0.717, 1.165) is 30.2 Å². The van der Waals surface area contributed by atoms with Crippen molar-refractivity contribution in [1.82, 2.24) is 35.1 Å². The van der Waals surface area contributed by atoms with Crippen LogP contribution in [0.1, 0.15) is 36.3 Å². The van der Waals surface area contributed by atoms with Crippen LogP contribution in [0.5, 0.6) is 0 Å². The van der Waals surface area contributed by atoms with Crippen LogP contribution in [0.15, 0.2) is 6.33 Å². The van der Waals surface area contributed by atoms with E-state index in [1.54, 1.807) is 4.68 Å². The number of hydrogen-bond donors (Lipinski definition) is 1. The average Bonchev–Trinajstić information content (AvgIpc) is 3.30. The zero-order chi connectivity index (χ0) is 17.2. The molecular weight excluding hydrogens is 320 g/mol. The van der Waals surface area contributed by atoms with Gasteiger partial charge in [-0.25, -0.2) is 14.6 Å². The number of hydrogen-bond acceptors (Lipinski definition) is 7. The van der Waals surface area contributed by atoms with E-state index in [4.69, 9.17) is 0 Å². The molecule has 0 atom stereocenters. The first-order chi connectivity index (χ1) is 12.2. The van der Waals surface area contributed by atoms with Gasteiger partial charge < -0.3 is 10.2 Å². The molecule has 3 heterocycles. The van der Waals surface area contributed by atoms with Crippen LogP contribution in [-0.4, -0.2) is 60.1 Å². The maximum atomic E-state index is 12.5. The highest BCUT2D eigenvalue weighted by molar-refractivity contribution is 5.76. The van der Waals surface area contributed by atoms with E-state index in [1.165, 1.54) is 24.7 Å². The zero-order valence-corrected chi connectivity index (χ0v) is 14.4. The van der Waals surface area contributed by atoms with Gasteiger partial charge >= 0.3 is 0 Å². The number of nitrogens with one attached hydrogen (secondary N) is 1. The third kappa shape index (κ3) is 3.75. The summed E-state index contributed by atoms with van der Waals surface area (Å²) < 4.78 is 1.58. The van der Waals surface area contributed by atoms with Gasteiger partial charge in [0.05, 0.1) is 12.2 Å². The lowest BCUT2D eigenvalue weighted by Gasteiger charge is -2.20. The van der Waals surface area contributed by atoms with Crippen molar-refractivity contribution in [2.75, 3.05) is 18.4 Å². The van der Waals surface area contributed by atoms with E-state index in [9.17, 15) is 4.79 Å². The van der Waals surface area contributed by atoms with Crippen molar-refractivity contribution in [2.24, 2.45) is 0 Å². The summed E-state index contributed by atoms with van der Waals surface area (Å²) in [4.78, 5) is 23.7. The van der Waals surface area contributed by atoms with Crippen LogP contribution in [-0.2, 0) is 24.2 Å². The van der Waals surface area contributed by atoms with Gasteiger partial charge in [-0.15, -0.1) is 5.10 Å². The van der Waals surface area contributed by atoms with Crippen molar-refractivity contribution < 1.29 is 4.79 Å². The minimum Gasteiger partial charge on any atom is -0.367 e. The SMILES string of the molecule is Cc1nc2c(c(NC3CC3)n1)CCN(C(=O)CCn1cnnn1)CC2. The fourth-order valence-corrected chi connectivity index (χ4v) is 3.16. The highest BCUT2D eigenvalue weighted by Gasteiger charge is 2.26. The maximum absolute atomic E-state index is 12.5. The molecule has 2 aromatic heterocycles. The molecule has 9 nitrogen and oxygen atoms in total. The van der Waals surface area contributed by atoms with E-state index in [-0.39, 0.29) is 5.91 Å². The molecule has 0 bridgehead atoms. The molecule has 1 saturated carbocycles. The number of anilines is 1. The molecule has 25 heavy (non-hydrogen) atoms. The Balaban J connectivity index is 1.43. The second-order valence-electron chi connectivity index (χ2n) is 6.67. The molecule has 0 unspecified atom stereocenters. The number of amides is 1. The second-order valence-corrected chi connectivity index (χ2v) is 6.67. The first-order valence-electron chi connectivity index (χ1n) is 8.80. The quantitative estimate of drug-likeness (QED) is 0.837. The molecule has 2 aliphatic rings. The lowest BCUT2D eigenvalue weighted by Crippen LogP contribution is -2.33. The molecule has 0 saturated heterocycles. The molecule has 1 aliphatic heterocycles. The fourth-order valence-electron chi connectivity index (χ4n) is 3.16. The Morgan fingerprint density at radius 1 is 1.28 bits per heavy atom. The molecule has 0 spiro atoms. The number of rotatable bonds is 5. The Morgan fingerprint density at radius 3 is 2.88 bits per heavy atom. The number of carbonyl (C=O) groups is 1. The number of nitrogens with zero attached hydrogens (tertiary/aromatic N) is 7. The predicted octanol–water partition coefficient (Wildman–Crippen LogP) is 0.363. The largest absolute Gasteiger partial charge is 0.367 e. The standard InChI is InChI=1S/C16H22N8O/c1-11-18-14-5-8-23(15(25)6-9-24-10-17-21-22-24)7-4-13(14)16(19-11)20-12-2-3-12/h10,12H,2-9H2,1H3,(H,18,19,20). The smallest absolute Gasteiger partial charge is 0.224 e. The van der Waals surface area contributed by atoms with Crippen LogP contribution in [0.4, 0.5) is 5.82 Å². The number of tetrazole rings is 1. The second kappa shape index (κ2) is 6.73. The summed E-state index contributed by atoms with van der Waals surface area (Å²) >= 11 is 0. The van der Waals surface area contributed by atoms with E-state index in [2.05, 4.69) is 30.8 Å². The summed E-state index contributed by atoms with van der Waals surface area (Å²) in [6.07, 6.45) is 5.91. The molecule has 0 radical (unpaired) electrons.